The molecule has 108 heavy (non-hydrogen) atoms. The van der Waals surface area contributed by atoms with Crippen molar-refractivity contribution in [1.29, 1.82) is 0 Å². The summed E-state index contributed by atoms with van der Waals surface area (Å²) in [6.45, 7) is 10.6. The van der Waals surface area contributed by atoms with Gasteiger partial charge in [-0.3, -0.25) is 48.2 Å². The molecular formula is C70H94N10O28. The second-order valence-corrected chi connectivity index (χ2v) is 31.0. The zero-order valence-corrected chi connectivity index (χ0v) is 61.6. The number of carboxylic acid groups (broad SMARTS) is 2. The van der Waals surface area contributed by atoms with E-state index in [9.17, 15) is 119 Å². The van der Waals surface area contributed by atoms with Crippen LogP contribution in [0.4, 0.5) is 22.7 Å². The second kappa shape index (κ2) is 30.0. The monoisotopic (exact) mass is 1520 g/mol. The average Bonchev–Trinajstić information content (AvgIpc) is 0.700. The Balaban J connectivity index is 0.000000249. The Kier molecular flexibility index (Phi) is 23.0. The number of hydrogen-bond donors (Lipinski definition) is 20. The molecule has 0 unspecified atom stereocenters. The van der Waals surface area contributed by atoms with Crippen molar-refractivity contribution in [2.75, 3.05) is 89.9 Å². The maximum absolute atomic E-state index is 14.9. The average molecular weight is 1520 g/mol. The number of aliphatic hydroxyl groups excluding tert-OH is 9. The van der Waals surface area contributed by atoms with Crippen LogP contribution >= 0.6 is 0 Å². The molecular weight excluding hydrogens is 1430 g/mol. The van der Waals surface area contributed by atoms with E-state index < -0.39 is 235 Å². The van der Waals surface area contributed by atoms with Gasteiger partial charge in [-0.2, -0.15) is 0 Å². The summed E-state index contributed by atoms with van der Waals surface area (Å²) in [5.41, 5.74) is 1.81. The van der Waals surface area contributed by atoms with Gasteiger partial charge in [0, 0.05) is 73.6 Å². The highest BCUT2D eigenvalue weighted by Gasteiger charge is 2.67. The van der Waals surface area contributed by atoms with Crippen LogP contribution in [0, 0.1) is 23.7 Å². The highest BCUT2D eigenvalue weighted by molar-refractivity contribution is 6.25. The molecule has 38 nitrogen and oxygen atoms in total. The van der Waals surface area contributed by atoms with E-state index in [1.54, 1.807) is 38.0 Å². The molecule has 2 heterocycles. The number of ketones is 4. The van der Waals surface area contributed by atoms with E-state index in [0.29, 0.717) is 22.5 Å². The minimum absolute atomic E-state index is 0.0641. The number of likely N-dealkylation sites (N-methyl/N-ethyl adjacent to an activating group) is 2. The third kappa shape index (κ3) is 14.6. The number of phenols is 1. The largest absolute Gasteiger partial charge is 0.508 e. The fourth-order valence-corrected chi connectivity index (χ4v) is 15.4. The van der Waals surface area contributed by atoms with E-state index in [4.69, 9.17) is 30.4 Å². The molecule has 2 aliphatic heterocycles. The summed E-state index contributed by atoms with van der Waals surface area (Å²) in [4.78, 5) is 138. The normalized spacial score (nSPS) is 31.1. The van der Waals surface area contributed by atoms with Crippen molar-refractivity contribution in [3.8, 4) is 11.5 Å². The number of primary amides is 2. The van der Waals surface area contributed by atoms with Gasteiger partial charge in [-0.05, 0) is 131 Å². The van der Waals surface area contributed by atoms with Gasteiger partial charge in [-0.25, -0.2) is 9.59 Å². The molecule has 1 saturated carbocycles. The maximum atomic E-state index is 14.9. The Bertz CT molecular complexity index is 4230. The van der Waals surface area contributed by atoms with Gasteiger partial charge in [0.25, 0.3) is 11.8 Å². The number of nitrogens with zero attached hydrogens (tertiary/aromatic N) is 4. The van der Waals surface area contributed by atoms with Crippen LogP contribution in [0.1, 0.15) is 81.4 Å². The quantitative estimate of drug-likeness (QED) is 0.0497. The fourth-order valence-electron chi connectivity index (χ4n) is 15.4. The number of phenolic OH excluding ortho intramolecular Hbond substituents is 1. The van der Waals surface area contributed by atoms with Crippen LogP contribution in [0.15, 0.2) is 51.7 Å². The number of rotatable bonds is 18. The van der Waals surface area contributed by atoms with Gasteiger partial charge in [-0.15, -0.1) is 0 Å². The topological polar surface area (TPSA) is 604 Å². The maximum Gasteiger partial charge on any atom is 0.335 e. The molecule has 6 aliphatic carbocycles. The van der Waals surface area contributed by atoms with Gasteiger partial charge in [0.05, 0.1) is 47.7 Å². The Labute approximate surface area is 617 Å². The molecule has 0 spiro atoms. The van der Waals surface area contributed by atoms with Crippen LogP contribution in [0.2, 0.25) is 0 Å². The number of carbonyl (C=O) groups excluding carboxylic acids is 8. The number of fused-ring (bicyclic) bond motifs is 6. The van der Waals surface area contributed by atoms with Crippen molar-refractivity contribution in [2.45, 2.75) is 163 Å². The first kappa shape index (κ1) is 82.8. The summed E-state index contributed by atoms with van der Waals surface area (Å²) >= 11 is 0. The van der Waals surface area contributed by atoms with E-state index in [1.165, 1.54) is 50.1 Å². The third-order valence-electron chi connectivity index (χ3n) is 20.5. The van der Waals surface area contributed by atoms with E-state index in [-0.39, 0.29) is 61.3 Å². The first-order valence-corrected chi connectivity index (χ1v) is 34.2. The Hall–Kier alpha value is -9.26. The molecule has 3 fully saturated rings. The third-order valence-corrected chi connectivity index (χ3v) is 20.5. The van der Waals surface area contributed by atoms with Gasteiger partial charge in [0.2, 0.25) is 30.2 Å². The number of carbonyl (C=O) groups is 10. The van der Waals surface area contributed by atoms with Gasteiger partial charge in [0.1, 0.15) is 70.8 Å². The van der Waals surface area contributed by atoms with Crippen molar-refractivity contribution in [3.63, 3.8) is 0 Å². The van der Waals surface area contributed by atoms with Crippen LogP contribution in [-0.4, -0.2) is 305 Å². The van der Waals surface area contributed by atoms with Crippen LogP contribution in [0.3, 0.4) is 0 Å². The summed E-state index contributed by atoms with van der Waals surface area (Å²) in [5, 5.41) is 166. The predicted molar refractivity (Wildman–Crippen MR) is 375 cm³/mol. The van der Waals surface area contributed by atoms with Crippen LogP contribution in [0.5, 0.6) is 11.5 Å². The summed E-state index contributed by atoms with van der Waals surface area (Å²) in [7, 11) is 12.5. The Morgan fingerprint density at radius 3 is 1.35 bits per heavy atom. The molecule has 2 aromatic carbocycles. The lowest BCUT2D eigenvalue weighted by Crippen LogP contribution is -2.65. The lowest BCUT2D eigenvalue weighted by atomic mass is 9.57. The first-order valence-electron chi connectivity index (χ1n) is 34.2. The smallest absolute Gasteiger partial charge is 0.335 e. The SMILES string of the molecule is CN(C)c1cc(NC(=O)CNC(C)(C)C)c(O)c2c1C[C@H]1C[C@H]3[C@H](N(C)C)C(=O)C(C(N)=O)=C(O)[C@@]3(O)C(O[C@@H]3O[C@H](C(=O)O)[C@@H](O)[C@H](O)[C@H]3O)=C1C2=O.CN(C)c1cc(NC(=O)CNC(C)(C)C)c(O[C@@H]2O[C@H](C(=O)O)[C@@H](O)[C@H](O)[C@H]2O)c2c1C[C@H]1C[C@H]3[C@H](N(C)C)C(=O)C(C(N)=O)=C(O)[C@@]3(O)C(=O)C1=C2O. The minimum Gasteiger partial charge on any atom is -0.508 e. The summed E-state index contributed by atoms with van der Waals surface area (Å²) in [6.07, 6.45) is -21.9. The molecule has 38 heteroatoms. The summed E-state index contributed by atoms with van der Waals surface area (Å²) in [6, 6.07) is 0.288. The van der Waals surface area contributed by atoms with Crippen molar-refractivity contribution in [1.82, 2.24) is 20.4 Å². The van der Waals surface area contributed by atoms with Gasteiger partial charge in [0.15, 0.2) is 52.3 Å². The van der Waals surface area contributed by atoms with E-state index in [1.807, 2.05) is 41.5 Å². The van der Waals surface area contributed by atoms with Gasteiger partial charge in [-0.1, -0.05) is 0 Å². The summed E-state index contributed by atoms with van der Waals surface area (Å²) < 4.78 is 22.7. The highest BCUT2D eigenvalue weighted by Crippen LogP contribution is 2.58. The van der Waals surface area contributed by atoms with Gasteiger partial charge >= 0.3 is 11.9 Å². The number of allylic oxidation sites excluding steroid dienone is 1. The number of carboxylic acids is 2. The lowest BCUT2D eigenvalue weighted by Gasteiger charge is -2.52. The summed E-state index contributed by atoms with van der Waals surface area (Å²) in [5.74, 6) is -21.5. The number of nitrogens with two attached hydrogens (primary N) is 2. The number of benzene rings is 2. The van der Waals surface area contributed by atoms with Crippen molar-refractivity contribution < 1.29 is 138 Å². The number of aliphatic carboxylic acids is 2. The molecule has 0 radical (unpaired) electrons. The highest BCUT2D eigenvalue weighted by atomic mass is 16.7. The number of hydrogen-bond acceptors (Lipinski definition) is 32. The second-order valence-electron chi connectivity index (χ2n) is 31.0. The zero-order chi connectivity index (χ0) is 81.0. The molecule has 4 amide bonds. The van der Waals surface area contributed by atoms with Crippen LogP contribution in [0.25, 0.3) is 5.76 Å². The number of ether oxygens (including phenoxy) is 4. The molecule has 18 atom stereocenters. The molecule has 10 rings (SSSR count). The van der Waals surface area contributed by atoms with Crippen molar-refractivity contribution >= 4 is 87.2 Å². The van der Waals surface area contributed by atoms with Crippen molar-refractivity contribution in [3.05, 3.63) is 74.0 Å². The van der Waals surface area contributed by atoms with E-state index in [0.717, 1.165) is 0 Å². The number of aliphatic hydroxyl groups is 11. The Morgan fingerprint density at radius 1 is 0.556 bits per heavy atom. The number of anilines is 4. The predicted octanol–water partition coefficient (Wildman–Crippen LogP) is -4.21. The lowest BCUT2D eigenvalue weighted by molar-refractivity contribution is -0.291. The molecule has 8 aliphatic rings. The molecule has 0 aromatic heterocycles. The molecule has 2 saturated heterocycles. The Morgan fingerprint density at radius 2 is 0.944 bits per heavy atom. The zero-order valence-electron chi connectivity index (χ0n) is 61.6. The van der Waals surface area contributed by atoms with E-state index >= 15 is 0 Å². The molecule has 592 valence electrons. The molecule has 22 N–H and O–H groups in total. The number of nitrogens with one attached hydrogen (secondary N) is 4. The fraction of sp³-hybridized carbons (Fsp3) is 0.571. The minimum atomic E-state index is -2.96. The van der Waals surface area contributed by atoms with E-state index in [2.05, 4.69) is 21.3 Å². The standard InChI is InChI=1S/2C35H47N5O14/c1-34(2,3)37-11-17(41)38-15-10-16(39(4)5)13-8-12-9-14-21(40(6)7)23(43)20(31(36)49)30(48)35(14,52)29(47)18(12)22(42)19(13)27(15)53-33-26(46)24(44)25(45)28(54-33)32(50)51;1-34(2,3)37-11-17(41)38-15-10-16(39(4)5)13-8-12-9-14-21(40(6)7)24(44)20(31(36)49)29(48)35(14,52)30(18(12)23(43)19(13)22(15)42)54-33-27(47)25(45)26(46)28(53-33)32(50)51/h10,12,14,21,24-26,28,33,37,42,44-46,48,52H,8-9,11H2,1-7H3,(H2,36,49)(H,38,41)(H,50,51);10,12,14,21,25-28,33,37,42,45-48,52H,8-9,11H2,1-7H3,(H2,36,49)(H,38,41)(H,50,51)/t12-,14-,21-,24-,25-,26+,28-,33+,35-;12-,14-,21-,25-,26-,27+,28-,33-,35+/m00/s1. The first-order chi connectivity index (χ1) is 49.9. The molecule has 2 aromatic rings. The number of amides is 4. The van der Waals surface area contributed by atoms with Crippen LogP contribution in [-0.2, 0) is 70.2 Å². The van der Waals surface area contributed by atoms with Crippen molar-refractivity contribution in [2.24, 2.45) is 35.1 Å². The number of Topliss-reactive ketones (excluding diaryl/α,β-unsaturated/α-hetero) is 4. The van der Waals surface area contributed by atoms with Crippen LogP contribution < -0.4 is 47.3 Å². The number of aromatic hydroxyl groups is 1. The molecule has 0 bridgehead atoms. The van der Waals surface area contributed by atoms with Gasteiger partial charge < -0.3 is 133 Å².